The van der Waals surface area contributed by atoms with Gasteiger partial charge in [0.05, 0.1) is 13.7 Å². The van der Waals surface area contributed by atoms with Crippen LogP contribution in [-0.2, 0) is 0 Å². The van der Waals surface area contributed by atoms with Crippen molar-refractivity contribution in [2.75, 3.05) is 33.9 Å². The number of para-hydroxylation sites is 2. The van der Waals surface area contributed by atoms with Crippen LogP contribution in [0.15, 0.2) is 48.5 Å². The van der Waals surface area contributed by atoms with E-state index in [2.05, 4.69) is 4.74 Å². The van der Waals surface area contributed by atoms with Gasteiger partial charge in [0.1, 0.15) is 12.4 Å². The van der Waals surface area contributed by atoms with Crippen LogP contribution in [0.3, 0.4) is 0 Å². The van der Waals surface area contributed by atoms with Gasteiger partial charge in [0, 0.05) is 12.6 Å². The van der Waals surface area contributed by atoms with Gasteiger partial charge in [-0.15, -0.1) is 0 Å². The molecule has 0 N–H and O–H groups in total. The van der Waals surface area contributed by atoms with E-state index in [0.717, 1.165) is 0 Å². The Morgan fingerprint density at radius 3 is 2.22 bits per heavy atom. The van der Waals surface area contributed by atoms with Crippen molar-refractivity contribution in [1.82, 2.24) is 4.90 Å². The zero-order valence-electron chi connectivity index (χ0n) is 15.0. The van der Waals surface area contributed by atoms with Crippen molar-refractivity contribution in [3.8, 4) is 17.2 Å². The number of rotatable bonds is 8. The average molecular weight is 383 g/mol. The van der Waals surface area contributed by atoms with Crippen molar-refractivity contribution in [2.45, 2.75) is 6.18 Å². The van der Waals surface area contributed by atoms with Gasteiger partial charge in [0.25, 0.3) is 5.91 Å². The number of hydrogen-bond donors (Lipinski definition) is 0. The molecule has 8 heteroatoms. The number of ether oxygens (including phenoxy) is 3. The Balaban J connectivity index is 1.85. The maximum Gasteiger partial charge on any atom is 0.422 e. The number of carbonyl (C=O) groups excluding carboxylic acids is 1. The number of benzene rings is 2. The molecule has 0 bridgehead atoms. The minimum atomic E-state index is -4.41. The topological polar surface area (TPSA) is 48.0 Å². The quantitative estimate of drug-likeness (QED) is 0.696. The highest BCUT2D eigenvalue weighted by molar-refractivity contribution is 5.94. The van der Waals surface area contributed by atoms with E-state index in [4.69, 9.17) is 9.47 Å². The molecule has 1 amide bonds. The summed E-state index contributed by atoms with van der Waals surface area (Å²) in [5.74, 6) is 0.944. The smallest absolute Gasteiger partial charge is 0.422 e. The minimum absolute atomic E-state index is 0.0473. The van der Waals surface area contributed by atoms with E-state index in [1.807, 2.05) is 12.1 Å². The summed E-state index contributed by atoms with van der Waals surface area (Å²) in [5, 5.41) is 0. The zero-order chi connectivity index (χ0) is 19.9. The number of hydrogen-bond acceptors (Lipinski definition) is 4. The molecular formula is C19H20F3NO4. The first-order valence-corrected chi connectivity index (χ1v) is 8.11. The Hall–Kier alpha value is -2.90. The van der Waals surface area contributed by atoms with E-state index in [1.165, 1.54) is 29.2 Å². The van der Waals surface area contributed by atoms with Gasteiger partial charge >= 0.3 is 6.18 Å². The number of nitrogens with zero attached hydrogens (tertiary/aromatic N) is 1. The van der Waals surface area contributed by atoms with Crippen molar-refractivity contribution >= 4 is 5.91 Å². The van der Waals surface area contributed by atoms with Crippen molar-refractivity contribution in [1.29, 1.82) is 0 Å². The number of carbonyl (C=O) groups is 1. The molecule has 146 valence electrons. The fraction of sp³-hybridized carbons (Fsp3) is 0.316. The second kappa shape index (κ2) is 9.16. The lowest BCUT2D eigenvalue weighted by molar-refractivity contribution is -0.153. The first-order valence-electron chi connectivity index (χ1n) is 8.11. The second-order valence-electron chi connectivity index (χ2n) is 5.65. The predicted molar refractivity (Wildman–Crippen MR) is 93.4 cm³/mol. The third-order valence-corrected chi connectivity index (χ3v) is 3.60. The number of amides is 1. The predicted octanol–water partition coefficient (Wildman–Crippen LogP) is 3.79. The molecule has 0 aliphatic carbocycles. The summed E-state index contributed by atoms with van der Waals surface area (Å²) in [5.41, 5.74) is 0.342. The van der Waals surface area contributed by atoms with Gasteiger partial charge in [-0.3, -0.25) is 4.79 Å². The largest absolute Gasteiger partial charge is 0.493 e. The molecule has 0 radical (unpaired) electrons. The summed E-state index contributed by atoms with van der Waals surface area (Å²) < 4.78 is 51.8. The molecule has 0 aliphatic rings. The third kappa shape index (κ3) is 6.40. The van der Waals surface area contributed by atoms with Crippen molar-refractivity contribution < 1.29 is 32.2 Å². The summed E-state index contributed by atoms with van der Waals surface area (Å²) in [6.45, 7) is -0.793. The first-order chi connectivity index (χ1) is 12.8. The Morgan fingerprint density at radius 1 is 1.00 bits per heavy atom. The molecule has 2 aromatic carbocycles. The molecule has 0 atom stereocenters. The third-order valence-electron chi connectivity index (χ3n) is 3.60. The van der Waals surface area contributed by atoms with E-state index in [1.54, 1.807) is 26.3 Å². The number of halogens is 3. The van der Waals surface area contributed by atoms with Crippen LogP contribution in [0.2, 0.25) is 0 Å². The van der Waals surface area contributed by atoms with Crippen LogP contribution < -0.4 is 14.2 Å². The van der Waals surface area contributed by atoms with E-state index in [-0.39, 0.29) is 18.3 Å². The molecule has 2 rings (SSSR count). The van der Waals surface area contributed by atoms with Crippen LogP contribution in [0.25, 0.3) is 0 Å². The van der Waals surface area contributed by atoms with Gasteiger partial charge in [-0.1, -0.05) is 12.1 Å². The van der Waals surface area contributed by atoms with E-state index < -0.39 is 12.8 Å². The fourth-order valence-corrected chi connectivity index (χ4v) is 2.21. The summed E-state index contributed by atoms with van der Waals surface area (Å²) in [4.78, 5) is 13.8. The van der Waals surface area contributed by atoms with Crippen LogP contribution in [0.4, 0.5) is 13.2 Å². The lowest BCUT2D eigenvalue weighted by Gasteiger charge is -2.18. The zero-order valence-corrected chi connectivity index (χ0v) is 15.0. The van der Waals surface area contributed by atoms with E-state index in [0.29, 0.717) is 23.6 Å². The molecule has 27 heavy (non-hydrogen) atoms. The van der Waals surface area contributed by atoms with Crippen molar-refractivity contribution in [3.63, 3.8) is 0 Å². The van der Waals surface area contributed by atoms with Crippen LogP contribution in [0, 0.1) is 0 Å². The molecule has 0 unspecified atom stereocenters. The molecule has 0 heterocycles. The SMILES string of the molecule is COc1ccccc1OCCN(C)C(=O)c1ccc(OCC(F)(F)F)cc1. The van der Waals surface area contributed by atoms with Gasteiger partial charge in [0.15, 0.2) is 18.1 Å². The summed E-state index contributed by atoms with van der Waals surface area (Å²) in [7, 11) is 3.15. The number of likely N-dealkylation sites (N-methyl/N-ethyl adjacent to an activating group) is 1. The Bertz CT molecular complexity index is 747. The maximum atomic E-state index is 12.4. The van der Waals surface area contributed by atoms with Gasteiger partial charge in [-0.2, -0.15) is 13.2 Å². The average Bonchev–Trinajstić information content (AvgIpc) is 2.66. The van der Waals surface area contributed by atoms with Gasteiger partial charge in [-0.25, -0.2) is 0 Å². The van der Waals surface area contributed by atoms with Gasteiger partial charge in [0.2, 0.25) is 0 Å². The molecule has 0 aromatic heterocycles. The Morgan fingerprint density at radius 2 is 1.63 bits per heavy atom. The lowest BCUT2D eigenvalue weighted by atomic mass is 10.2. The van der Waals surface area contributed by atoms with Crippen LogP contribution in [0.5, 0.6) is 17.2 Å². The number of alkyl halides is 3. The molecule has 0 fully saturated rings. The molecule has 0 saturated carbocycles. The van der Waals surface area contributed by atoms with Crippen LogP contribution in [0.1, 0.15) is 10.4 Å². The lowest BCUT2D eigenvalue weighted by Crippen LogP contribution is -2.30. The molecule has 0 spiro atoms. The molecule has 0 saturated heterocycles. The van der Waals surface area contributed by atoms with Gasteiger partial charge in [-0.05, 0) is 36.4 Å². The van der Waals surface area contributed by atoms with Crippen molar-refractivity contribution in [3.05, 3.63) is 54.1 Å². The second-order valence-corrected chi connectivity index (χ2v) is 5.65. The summed E-state index contributed by atoms with van der Waals surface area (Å²) in [6, 6.07) is 12.7. The van der Waals surface area contributed by atoms with Crippen LogP contribution >= 0.6 is 0 Å². The first kappa shape index (κ1) is 20.4. The van der Waals surface area contributed by atoms with E-state index >= 15 is 0 Å². The maximum absolute atomic E-state index is 12.4. The summed E-state index contributed by atoms with van der Waals surface area (Å²) >= 11 is 0. The summed E-state index contributed by atoms with van der Waals surface area (Å²) in [6.07, 6.45) is -4.41. The van der Waals surface area contributed by atoms with E-state index in [9.17, 15) is 18.0 Å². The number of methoxy groups -OCH3 is 1. The highest BCUT2D eigenvalue weighted by Gasteiger charge is 2.28. The molecule has 0 aliphatic heterocycles. The highest BCUT2D eigenvalue weighted by atomic mass is 19.4. The molecule has 2 aromatic rings. The highest BCUT2D eigenvalue weighted by Crippen LogP contribution is 2.25. The standard InChI is InChI=1S/C19H20F3NO4/c1-23(11-12-26-17-6-4-3-5-16(17)25-2)18(24)14-7-9-15(10-8-14)27-13-19(20,21)22/h3-10H,11-13H2,1-2H3. The molecule has 5 nitrogen and oxygen atoms in total. The van der Waals surface area contributed by atoms with Crippen LogP contribution in [-0.4, -0.2) is 50.9 Å². The normalized spacial score (nSPS) is 11.0. The van der Waals surface area contributed by atoms with Gasteiger partial charge < -0.3 is 19.1 Å². The molecular weight excluding hydrogens is 363 g/mol. The minimum Gasteiger partial charge on any atom is -0.493 e. The Labute approximate surface area is 155 Å². The van der Waals surface area contributed by atoms with Crippen molar-refractivity contribution in [2.24, 2.45) is 0 Å². The monoisotopic (exact) mass is 383 g/mol. The fourth-order valence-electron chi connectivity index (χ4n) is 2.21. The Kier molecular flexibility index (Phi) is 6.92.